The fourth-order valence-electron chi connectivity index (χ4n) is 5.20. The Morgan fingerprint density at radius 2 is 1.86 bits per heavy atom. The summed E-state index contributed by atoms with van der Waals surface area (Å²) < 4.78 is 8.44. The van der Waals surface area contributed by atoms with Gasteiger partial charge in [0.05, 0.1) is 18.9 Å². The molecule has 2 aromatic carbocycles. The molecule has 1 amide bonds. The van der Waals surface area contributed by atoms with Crippen molar-refractivity contribution in [2.24, 2.45) is 0 Å². The molecule has 36 heavy (non-hydrogen) atoms. The maximum absolute atomic E-state index is 13.4. The van der Waals surface area contributed by atoms with Gasteiger partial charge in [0.15, 0.2) is 5.82 Å². The third-order valence-corrected chi connectivity index (χ3v) is 7.16. The van der Waals surface area contributed by atoms with Gasteiger partial charge in [-0.1, -0.05) is 35.9 Å². The number of morpholine rings is 1. The van der Waals surface area contributed by atoms with Crippen molar-refractivity contribution in [3.63, 3.8) is 0 Å². The Bertz CT molecular complexity index is 1270. The minimum absolute atomic E-state index is 0.0296. The molecule has 2 unspecified atom stereocenters. The first-order valence-corrected chi connectivity index (χ1v) is 12.9. The number of benzene rings is 2. The van der Waals surface area contributed by atoms with Crippen molar-refractivity contribution in [3.8, 4) is 17.1 Å². The van der Waals surface area contributed by atoms with E-state index in [4.69, 9.17) is 16.3 Å². The zero-order valence-electron chi connectivity index (χ0n) is 20.7. The van der Waals surface area contributed by atoms with Crippen molar-refractivity contribution < 1.29 is 9.53 Å². The van der Waals surface area contributed by atoms with Gasteiger partial charge in [-0.15, -0.1) is 5.10 Å². The molecule has 3 heterocycles. The summed E-state index contributed by atoms with van der Waals surface area (Å²) in [7, 11) is 0. The molecule has 2 aliphatic rings. The second kappa shape index (κ2) is 10.6. The Labute approximate surface area is 215 Å². The highest BCUT2D eigenvalue weighted by Gasteiger charge is 2.36. The number of halogens is 1. The SMILES string of the molecule is CC(C)NC(=O)Cn1c(-c2cccc(Cl)c2)nn(-c2ccc(CCN3C4CCC3COC4)cc2)c1=O. The van der Waals surface area contributed by atoms with Crippen LogP contribution in [0, 0.1) is 0 Å². The molecule has 2 fully saturated rings. The average Bonchev–Trinajstić information content (AvgIpc) is 3.27. The van der Waals surface area contributed by atoms with E-state index in [-0.39, 0.29) is 24.2 Å². The molecule has 9 heteroatoms. The van der Waals surface area contributed by atoms with Gasteiger partial charge in [-0.25, -0.2) is 4.79 Å². The van der Waals surface area contributed by atoms with Crippen LogP contribution in [-0.4, -0.2) is 63.0 Å². The number of nitrogens with zero attached hydrogens (tertiary/aromatic N) is 4. The molecule has 1 aromatic heterocycles. The van der Waals surface area contributed by atoms with Crippen LogP contribution in [0.4, 0.5) is 0 Å². The molecule has 2 atom stereocenters. The standard InChI is InChI=1S/C27H32ClN5O3/c1-18(2)29-25(34)15-32-26(20-4-3-5-21(28)14-20)30-33(27(32)35)22-8-6-19(7-9-22)12-13-31-23-10-11-24(31)17-36-16-23/h3-9,14,18,23-24H,10-13,15-17H2,1-2H3,(H,29,34). The van der Waals surface area contributed by atoms with E-state index >= 15 is 0 Å². The molecule has 2 bridgehead atoms. The van der Waals surface area contributed by atoms with Crippen LogP contribution in [0.5, 0.6) is 0 Å². The fourth-order valence-corrected chi connectivity index (χ4v) is 5.39. The number of aromatic nitrogens is 3. The number of fused-ring (bicyclic) bond motifs is 2. The number of ether oxygens (including phenoxy) is 1. The molecule has 0 radical (unpaired) electrons. The number of rotatable bonds is 8. The molecule has 0 spiro atoms. The van der Waals surface area contributed by atoms with Gasteiger partial charge in [0.1, 0.15) is 6.54 Å². The zero-order valence-corrected chi connectivity index (χ0v) is 21.4. The quantitative estimate of drug-likeness (QED) is 0.504. The van der Waals surface area contributed by atoms with Gasteiger partial charge >= 0.3 is 5.69 Å². The molecule has 2 aliphatic heterocycles. The van der Waals surface area contributed by atoms with Gasteiger partial charge in [0, 0.05) is 35.3 Å². The van der Waals surface area contributed by atoms with E-state index in [2.05, 4.69) is 15.3 Å². The van der Waals surface area contributed by atoms with Gasteiger partial charge in [0.25, 0.3) is 0 Å². The number of amides is 1. The predicted octanol–water partition coefficient (Wildman–Crippen LogP) is 3.28. The molecule has 3 aromatic rings. The van der Waals surface area contributed by atoms with Crippen molar-refractivity contribution in [1.82, 2.24) is 24.6 Å². The second-order valence-electron chi connectivity index (χ2n) is 9.91. The van der Waals surface area contributed by atoms with Gasteiger partial charge in [-0.05, 0) is 62.9 Å². The lowest BCUT2D eigenvalue weighted by Crippen LogP contribution is -2.46. The van der Waals surface area contributed by atoms with Crippen LogP contribution in [0.25, 0.3) is 17.1 Å². The Morgan fingerprint density at radius 1 is 1.14 bits per heavy atom. The molecular formula is C27H32ClN5O3. The number of hydrogen-bond acceptors (Lipinski definition) is 5. The third kappa shape index (κ3) is 5.26. The van der Waals surface area contributed by atoms with Crippen LogP contribution in [0.1, 0.15) is 32.3 Å². The predicted molar refractivity (Wildman–Crippen MR) is 140 cm³/mol. The monoisotopic (exact) mass is 509 g/mol. The molecular weight excluding hydrogens is 478 g/mol. The molecule has 0 saturated carbocycles. The molecule has 8 nitrogen and oxygen atoms in total. The number of carbonyl (C=O) groups is 1. The molecule has 0 aliphatic carbocycles. The van der Waals surface area contributed by atoms with Crippen LogP contribution >= 0.6 is 11.6 Å². The fraction of sp³-hybridized carbons (Fsp3) is 0.444. The summed E-state index contributed by atoms with van der Waals surface area (Å²) in [5.41, 5.74) is 2.17. The van der Waals surface area contributed by atoms with E-state index < -0.39 is 0 Å². The van der Waals surface area contributed by atoms with Crippen LogP contribution in [0.3, 0.4) is 0 Å². The zero-order chi connectivity index (χ0) is 25.2. The smallest absolute Gasteiger partial charge is 0.351 e. The second-order valence-corrected chi connectivity index (χ2v) is 10.3. The molecule has 2 saturated heterocycles. The van der Waals surface area contributed by atoms with Crippen LogP contribution in [0.15, 0.2) is 53.3 Å². The summed E-state index contributed by atoms with van der Waals surface area (Å²) in [6, 6.07) is 16.1. The first-order chi connectivity index (χ1) is 17.4. The number of hydrogen-bond donors (Lipinski definition) is 1. The van der Waals surface area contributed by atoms with Crippen molar-refractivity contribution in [3.05, 3.63) is 69.6 Å². The Balaban J connectivity index is 1.39. The summed E-state index contributed by atoms with van der Waals surface area (Å²) in [6.07, 6.45) is 3.39. The highest BCUT2D eigenvalue weighted by atomic mass is 35.5. The van der Waals surface area contributed by atoms with Gasteiger partial charge in [-0.2, -0.15) is 4.68 Å². The van der Waals surface area contributed by atoms with Crippen molar-refractivity contribution in [1.29, 1.82) is 0 Å². The van der Waals surface area contributed by atoms with E-state index in [9.17, 15) is 9.59 Å². The molecule has 1 N–H and O–H groups in total. The van der Waals surface area contributed by atoms with E-state index in [1.807, 2.05) is 44.2 Å². The number of carbonyl (C=O) groups excluding carboxylic acids is 1. The topological polar surface area (TPSA) is 81.4 Å². The Hall–Kier alpha value is -2.94. The highest BCUT2D eigenvalue weighted by Crippen LogP contribution is 2.28. The maximum Gasteiger partial charge on any atom is 0.351 e. The largest absolute Gasteiger partial charge is 0.378 e. The summed E-state index contributed by atoms with van der Waals surface area (Å²) in [6.45, 7) is 6.33. The highest BCUT2D eigenvalue weighted by molar-refractivity contribution is 6.30. The molecule has 190 valence electrons. The van der Waals surface area contributed by atoms with Crippen LogP contribution in [0.2, 0.25) is 5.02 Å². The van der Waals surface area contributed by atoms with E-state index in [1.165, 1.54) is 27.7 Å². The van der Waals surface area contributed by atoms with E-state index in [0.717, 1.165) is 26.2 Å². The normalized spacial score (nSPS) is 19.7. The lowest BCUT2D eigenvalue weighted by Gasteiger charge is -2.34. The lowest BCUT2D eigenvalue weighted by atomic mass is 10.1. The van der Waals surface area contributed by atoms with Crippen molar-refractivity contribution >= 4 is 17.5 Å². The lowest BCUT2D eigenvalue weighted by molar-refractivity contribution is -0.122. The Morgan fingerprint density at radius 3 is 2.53 bits per heavy atom. The minimum atomic E-state index is -0.374. The van der Waals surface area contributed by atoms with E-state index in [0.29, 0.717) is 34.2 Å². The van der Waals surface area contributed by atoms with E-state index in [1.54, 1.807) is 18.2 Å². The third-order valence-electron chi connectivity index (χ3n) is 6.93. The van der Waals surface area contributed by atoms with Gasteiger partial charge in [-0.3, -0.25) is 14.3 Å². The van der Waals surface area contributed by atoms with Crippen molar-refractivity contribution in [2.75, 3.05) is 19.8 Å². The van der Waals surface area contributed by atoms with Crippen LogP contribution in [-0.2, 0) is 22.5 Å². The molecule has 5 rings (SSSR count). The first-order valence-electron chi connectivity index (χ1n) is 12.6. The minimum Gasteiger partial charge on any atom is -0.378 e. The maximum atomic E-state index is 13.4. The summed E-state index contributed by atoms with van der Waals surface area (Å²) in [4.78, 5) is 28.5. The summed E-state index contributed by atoms with van der Waals surface area (Å²) in [5, 5.41) is 7.98. The number of nitrogens with one attached hydrogen (secondary N) is 1. The van der Waals surface area contributed by atoms with Gasteiger partial charge < -0.3 is 10.1 Å². The van der Waals surface area contributed by atoms with Gasteiger partial charge in [0.2, 0.25) is 5.91 Å². The Kier molecular flexibility index (Phi) is 7.27. The average molecular weight is 510 g/mol. The summed E-state index contributed by atoms with van der Waals surface area (Å²) in [5.74, 6) is 0.149. The first kappa shape index (κ1) is 24.7. The summed E-state index contributed by atoms with van der Waals surface area (Å²) >= 11 is 6.20. The van der Waals surface area contributed by atoms with Crippen molar-refractivity contribution in [2.45, 2.75) is 57.8 Å². The van der Waals surface area contributed by atoms with Crippen LogP contribution < -0.4 is 11.0 Å².